The van der Waals surface area contributed by atoms with Crippen LogP contribution in [0.25, 0.3) is 0 Å². The van der Waals surface area contributed by atoms with Crippen LogP contribution in [-0.2, 0) is 28.4 Å². The fourth-order valence-electron chi connectivity index (χ4n) is 7.67. The summed E-state index contributed by atoms with van der Waals surface area (Å²) in [4.78, 5) is 52.3. The number of ether oxygens (including phenoxy) is 1. The number of alkyl carbamates (subject to hydrolysis) is 1. The summed E-state index contributed by atoms with van der Waals surface area (Å²) in [5.74, 6) is -0.668. The van der Waals surface area contributed by atoms with Crippen molar-refractivity contribution in [3.8, 4) is 0 Å². The average Bonchev–Trinajstić information content (AvgIpc) is 3.31. The molecule has 5 rings (SSSR count). The third-order valence-electron chi connectivity index (χ3n) is 10.5. The Hall–Kier alpha value is -2.34. The zero-order valence-corrected chi connectivity index (χ0v) is 28.2. The van der Waals surface area contributed by atoms with Crippen LogP contribution in [-0.4, -0.2) is 72.3 Å². The number of rotatable bonds is 10. The van der Waals surface area contributed by atoms with E-state index in [-0.39, 0.29) is 28.9 Å². The van der Waals surface area contributed by atoms with Crippen molar-refractivity contribution in [2.45, 2.75) is 155 Å². The molecule has 4 aliphatic carbocycles. The summed E-state index contributed by atoms with van der Waals surface area (Å²) in [5, 5.41) is 11.3. The van der Waals surface area contributed by atoms with Gasteiger partial charge in [0.1, 0.15) is 23.7 Å². The van der Waals surface area contributed by atoms with E-state index in [9.17, 15) is 19.2 Å². The highest BCUT2D eigenvalue weighted by atomic mass is 16.7. The molecule has 0 aromatic carbocycles. The zero-order chi connectivity index (χ0) is 32.6. The molecule has 2 bridgehead atoms. The maximum Gasteiger partial charge on any atom is 0.481 e. The molecule has 12 heteroatoms. The molecule has 1 aliphatic heterocycles. The normalized spacial score (nSPS) is 30.5. The zero-order valence-electron chi connectivity index (χ0n) is 28.2. The van der Waals surface area contributed by atoms with E-state index in [0.717, 1.165) is 44.9 Å². The van der Waals surface area contributed by atoms with Gasteiger partial charge in [-0.25, -0.2) is 4.79 Å². The topological polar surface area (TPSA) is 144 Å². The highest BCUT2D eigenvalue weighted by Gasteiger charge is 2.67. The molecule has 0 spiro atoms. The Morgan fingerprint density at radius 3 is 2.18 bits per heavy atom. The minimum atomic E-state index is -0.923. The fourth-order valence-corrected chi connectivity index (χ4v) is 7.67. The molecule has 4 amide bonds. The van der Waals surface area contributed by atoms with Gasteiger partial charge in [-0.15, -0.1) is 0 Å². The van der Waals surface area contributed by atoms with Crippen LogP contribution < -0.4 is 21.3 Å². The van der Waals surface area contributed by atoms with Crippen molar-refractivity contribution in [1.82, 2.24) is 21.3 Å². The minimum Gasteiger partial charge on any atom is -0.444 e. The number of hydrogen-bond acceptors (Lipinski definition) is 7. The van der Waals surface area contributed by atoms with E-state index in [2.05, 4.69) is 42.0 Å². The molecule has 5 fully saturated rings. The molecule has 44 heavy (non-hydrogen) atoms. The van der Waals surface area contributed by atoms with Crippen LogP contribution in [0.5, 0.6) is 0 Å². The Labute approximate surface area is 263 Å². The summed E-state index contributed by atoms with van der Waals surface area (Å²) in [7, 11) is -0.565. The van der Waals surface area contributed by atoms with Crippen molar-refractivity contribution < 1.29 is 33.2 Å². The largest absolute Gasteiger partial charge is 0.481 e. The van der Waals surface area contributed by atoms with E-state index in [4.69, 9.17) is 14.0 Å². The maximum absolute atomic E-state index is 13.4. The van der Waals surface area contributed by atoms with Gasteiger partial charge in [-0.3, -0.25) is 14.4 Å². The molecule has 0 aromatic rings. The molecule has 4 N–H and O–H groups in total. The number of nitrogens with one attached hydrogen (secondary N) is 4. The molecule has 8 atom stereocenters. The predicted molar refractivity (Wildman–Crippen MR) is 167 cm³/mol. The number of hydrogen-bond donors (Lipinski definition) is 4. The first-order chi connectivity index (χ1) is 20.4. The third-order valence-corrected chi connectivity index (χ3v) is 10.5. The summed E-state index contributed by atoms with van der Waals surface area (Å²) in [6, 6.07) is -2.54. The number of carbonyl (C=O) groups excluding carboxylic acids is 4. The van der Waals surface area contributed by atoms with Crippen molar-refractivity contribution >= 4 is 30.9 Å². The summed E-state index contributed by atoms with van der Waals surface area (Å²) in [6.07, 6.45) is 6.45. The van der Waals surface area contributed by atoms with Crippen LogP contribution >= 0.6 is 0 Å². The minimum absolute atomic E-state index is 0.000215. The van der Waals surface area contributed by atoms with E-state index < -0.39 is 54.7 Å². The van der Waals surface area contributed by atoms with Gasteiger partial charge in [-0.2, -0.15) is 0 Å². The summed E-state index contributed by atoms with van der Waals surface area (Å²) in [5.41, 5.74) is -0.825. The van der Waals surface area contributed by atoms with E-state index in [1.165, 1.54) is 0 Å². The highest BCUT2D eigenvalue weighted by molar-refractivity contribution is 6.47. The van der Waals surface area contributed by atoms with Gasteiger partial charge in [-0.1, -0.05) is 40.0 Å². The SMILES string of the molecule is CCC(NC(=O)C(C)NC(=O)C(NC(=O)OC(C)(C)C)C1CCCCC1)C(=O)NC(C)B1OC2C3CC(C[C@]2(C)O1)C3(C)C. The first kappa shape index (κ1) is 34.5. The van der Waals surface area contributed by atoms with Gasteiger partial charge in [0.2, 0.25) is 17.7 Å². The van der Waals surface area contributed by atoms with E-state index in [1.54, 1.807) is 27.7 Å². The molecule has 248 valence electrons. The van der Waals surface area contributed by atoms with Crippen molar-refractivity contribution in [1.29, 1.82) is 0 Å². The lowest BCUT2D eigenvalue weighted by atomic mass is 9.45. The first-order valence-corrected chi connectivity index (χ1v) is 16.7. The fraction of sp³-hybridized carbons (Fsp3) is 0.875. The first-order valence-electron chi connectivity index (χ1n) is 16.7. The van der Waals surface area contributed by atoms with Gasteiger partial charge in [0, 0.05) is 0 Å². The van der Waals surface area contributed by atoms with Gasteiger partial charge in [0.25, 0.3) is 0 Å². The summed E-state index contributed by atoms with van der Waals surface area (Å²) in [6.45, 7) is 17.3. The lowest BCUT2D eigenvalue weighted by molar-refractivity contribution is -0.185. The standard InChI is InChI=1S/C32H55BN4O7/c1-10-23(27(39)35-19(3)33-43-25-22-16-21(31(22,7)8)17-32(25,9)44-33)36-26(38)18(2)34-28(40)24(20-14-12-11-13-15-20)37-29(41)42-30(4,5)6/h18-25H,10-17H2,1-9H3,(H,34,40)(H,35,39)(H,36,38)(H,37,41)/t18?,19?,21?,22?,23?,24?,25?,32-/m0/s1. The van der Waals surface area contributed by atoms with Gasteiger partial charge < -0.3 is 35.3 Å². The molecule has 7 unspecified atom stereocenters. The summed E-state index contributed by atoms with van der Waals surface area (Å²) < 4.78 is 18.2. The molecule has 1 saturated heterocycles. The van der Waals surface area contributed by atoms with Crippen LogP contribution in [0.4, 0.5) is 4.79 Å². The third kappa shape index (κ3) is 7.54. The van der Waals surface area contributed by atoms with Crippen LogP contribution in [0, 0.1) is 23.2 Å². The Bertz CT molecular complexity index is 1090. The van der Waals surface area contributed by atoms with Gasteiger partial charge in [-0.05, 0) is 96.8 Å². The second-order valence-electron chi connectivity index (χ2n) is 15.4. The Kier molecular flexibility index (Phi) is 10.3. The Morgan fingerprint density at radius 2 is 1.59 bits per heavy atom. The van der Waals surface area contributed by atoms with Gasteiger partial charge >= 0.3 is 13.2 Å². The molecule has 11 nitrogen and oxygen atoms in total. The maximum atomic E-state index is 13.4. The van der Waals surface area contributed by atoms with Crippen molar-refractivity contribution in [2.75, 3.05) is 0 Å². The highest BCUT2D eigenvalue weighted by Crippen LogP contribution is 2.64. The smallest absolute Gasteiger partial charge is 0.444 e. The molecule has 5 aliphatic rings. The molecule has 0 radical (unpaired) electrons. The van der Waals surface area contributed by atoms with Crippen LogP contribution in [0.15, 0.2) is 0 Å². The Morgan fingerprint density at radius 1 is 0.932 bits per heavy atom. The van der Waals surface area contributed by atoms with Crippen molar-refractivity contribution in [3.05, 3.63) is 0 Å². The van der Waals surface area contributed by atoms with Crippen LogP contribution in [0.1, 0.15) is 114 Å². The predicted octanol–water partition coefficient (Wildman–Crippen LogP) is 3.63. The van der Waals surface area contributed by atoms with E-state index in [0.29, 0.717) is 18.3 Å². The van der Waals surface area contributed by atoms with E-state index >= 15 is 0 Å². The van der Waals surface area contributed by atoms with Gasteiger partial charge in [0.15, 0.2) is 0 Å². The summed E-state index contributed by atoms with van der Waals surface area (Å²) >= 11 is 0. The number of carbonyl (C=O) groups is 4. The molecule has 1 heterocycles. The van der Waals surface area contributed by atoms with Crippen LogP contribution in [0.3, 0.4) is 0 Å². The quantitative estimate of drug-likeness (QED) is 0.274. The Balaban J connectivity index is 1.30. The molecular formula is C32H55BN4O7. The van der Waals surface area contributed by atoms with Crippen molar-refractivity contribution in [2.24, 2.45) is 23.2 Å². The van der Waals surface area contributed by atoms with Gasteiger partial charge in [0.05, 0.1) is 17.6 Å². The second-order valence-corrected chi connectivity index (χ2v) is 15.4. The second kappa shape index (κ2) is 13.2. The molecular weight excluding hydrogens is 563 g/mol. The molecule has 4 saturated carbocycles. The average molecular weight is 619 g/mol. The van der Waals surface area contributed by atoms with E-state index in [1.807, 2.05) is 13.8 Å². The van der Waals surface area contributed by atoms with Crippen molar-refractivity contribution in [3.63, 3.8) is 0 Å². The molecule has 0 aromatic heterocycles. The monoisotopic (exact) mass is 618 g/mol. The lowest BCUT2D eigenvalue weighted by Crippen LogP contribution is -2.63. The van der Waals surface area contributed by atoms with Crippen LogP contribution in [0.2, 0.25) is 0 Å². The lowest BCUT2D eigenvalue weighted by Gasteiger charge is -2.63. The number of amides is 4.